The molecule has 0 fully saturated rings. The molecule has 1 aliphatic rings. The van der Waals surface area contributed by atoms with Gasteiger partial charge in [0.2, 0.25) is 0 Å². The molecule has 1 aromatic carbocycles. The van der Waals surface area contributed by atoms with Crippen LogP contribution in [-0.2, 0) is 19.4 Å². The van der Waals surface area contributed by atoms with Gasteiger partial charge in [-0.25, -0.2) is 4.99 Å². The third-order valence-electron chi connectivity index (χ3n) is 5.02. The molecule has 0 saturated carbocycles. The number of nitrogens with one attached hydrogen (secondary N) is 1. The summed E-state index contributed by atoms with van der Waals surface area (Å²) in [6.45, 7) is 2.99. The Bertz CT molecular complexity index is 1080. The number of carbonyl (C=O) groups excluding carboxylic acids is 1. The fourth-order valence-corrected chi connectivity index (χ4v) is 6.97. The Labute approximate surface area is 213 Å². The van der Waals surface area contributed by atoms with Crippen LogP contribution in [0.2, 0.25) is 0 Å². The molecule has 2 heterocycles. The first-order chi connectivity index (χ1) is 15.1. The maximum Gasteiger partial charge on any atom is 0.255 e. The average molecular weight is 660 g/mol. The van der Waals surface area contributed by atoms with Crippen LogP contribution in [-0.4, -0.2) is 18.7 Å². The van der Waals surface area contributed by atoms with Gasteiger partial charge in [-0.15, -0.1) is 11.3 Å². The number of thiophene rings is 1. The maximum absolute atomic E-state index is 13.1. The van der Waals surface area contributed by atoms with E-state index in [1.54, 1.807) is 17.6 Å². The maximum atomic E-state index is 13.1. The summed E-state index contributed by atoms with van der Waals surface area (Å²) in [5, 5.41) is 3.78. The molecule has 1 amide bonds. The van der Waals surface area contributed by atoms with E-state index in [0.29, 0.717) is 13.2 Å². The Morgan fingerprint density at radius 2 is 2.06 bits per heavy atom. The predicted octanol–water partition coefficient (Wildman–Crippen LogP) is 6.51. The quantitative estimate of drug-likeness (QED) is 0.232. The van der Waals surface area contributed by atoms with Crippen molar-refractivity contribution < 1.29 is 13.9 Å². The van der Waals surface area contributed by atoms with Crippen molar-refractivity contribution in [2.24, 2.45) is 4.99 Å². The minimum absolute atomic E-state index is 0.0844. The van der Waals surface area contributed by atoms with Crippen LogP contribution in [0.4, 0.5) is 5.00 Å². The summed E-state index contributed by atoms with van der Waals surface area (Å²) < 4.78 is 13.2. The number of halogens is 2. The highest BCUT2D eigenvalue weighted by Gasteiger charge is 2.25. The largest absolute Gasteiger partial charge is 0.492 e. The number of carbonyl (C=O) groups is 1. The highest BCUT2D eigenvalue weighted by atomic mass is 127. The number of fused-ring (bicyclic) bond motifs is 1. The van der Waals surface area contributed by atoms with Crippen molar-refractivity contribution in [1.29, 1.82) is 0 Å². The minimum Gasteiger partial charge on any atom is -0.492 e. The summed E-state index contributed by atoms with van der Waals surface area (Å²) in [5.74, 6) is 1.56. The average Bonchev–Trinajstić information content (AvgIpc) is 3.40. The zero-order chi connectivity index (χ0) is 21.8. The van der Waals surface area contributed by atoms with Gasteiger partial charge in [-0.2, -0.15) is 0 Å². The van der Waals surface area contributed by atoms with Crippen molar-refractivity contribution in [3.63, 3.8) is 0 Å². The summed E-state index contributed by atoms with van der Waals surface area (Å²) >= 11 is 6.22. The standard InChI is InChI=1S/C23H22I2N2O3S/c1-2-29-21-17(24)10-14(11-18(21)25)12-27-23-20(16-7-3-4-8-19(16)31-23)22(28)26-13-15-6-5-9-30-15/h5-6,9-12H,2-4,7-8,13H2,1H3,(H,26,28). The van der Waals surface area contributed by atoms with Crippen molar-refractivity contribution in [2.75, 3.05) is 6.61 Å². The van der Waals surface area contributed by atoms with Gasteiger partial charge in [0.15, 0.2) is 0 Å². The van der Waals surface area contributed by atoms with E-state index in [-0.39, 0.29) is 5.91 Å². The van der Waals surface area contributed by atoms with Crippen LogP contribution in [0.3, 0.4) is 0 Å². The molecule has 0 spiro atoms. The first-order valence-corrected chi connectivity index (χ1v) is 13.1. The SMILES string of the molecule is CCOc1c(I)cc(C=Nc2sc3c(c2C(=O)NCc2ccco2)CCCC3)cc1I. The highest BCUT2D eigenvalue weighted by molar-refractivity contribution is 14.1. The second kappa shape index (κ2) is 10.5. The number of benzene rings is 1. The van der Waals surface area contributed by atoms with Gasteiger partial charge < -0.3 is 14.5 Å². The Morgan fingerprint density at radius 1 is 1.29 bits per heavy atom. The van der Waals surface area contributed by atoms with Gasteiger partial charge in [-0.1, -0.05) is 0 Å². The summed E-state index contributed by atoms with van der Waals surface area (Å²) in [6, 6.07) is 7.80. The van der Waals surface area contributed by atoms with E-state index in [0.717, 1.165) is 59.6 Å². The molecule has 162 valence electrons. The van der Waals surface area contributed by atoms with Crippen LogP contribution in [0.1, 0.15) is 51.9 Å². The molecule has 5 nitrogen and oxygen atoms in total. The minimum atomic E-state index is -0.0844. The smallest absolute Gasteiger partial charge is 0.255 e. The number of hydrogen-bond acceptors (Lipinski definition) is 5. The first kappa shape index (κ1) is 22.8. The van der Waals surface area contributed by atoms with Crippen LogP contribution in [0, 0.1) is 7.14 Å². The lowest BCUT2D eigenvalue weighted by atomic mass is 9.95. The molecule has 0 radical (unpaired) electrons. The monoisotopic (exact) mass is 660 g/mol. The van der Waals surface area contributed by atoms with E-state index in [2.05, 4.69) is 62.6 Å². The molecule has 1 aliphatic carbocycles. The predicted molar refractivity (Wildman–Crippen MR) is 141 cm³/mol. The third-order valence-corrected chi connectivity index (χ3v) is 7.83. The van der Waals surface area contributed by atoms with Gasteiger partial charge in [0, 0.05) is 11.1 Å². The molecule has 0 bridgehead atoms. The van der Waals surface area contributed by atoms with Crippen LogP contribution < -0.4 is 10.1 Å². The summed E-state index contributed by atoms with van der Waals surface area (Å²) in [5.41, 5.74) is 2.87. The lowest BCUT2D eigenvalue weighted by molar-refractivity contribution is 0.0948. The highest BCUT2D eigenvalue weighted by Crippen LogP contribution is 2.40. The van der Waals surface area contributed by atoms with E-state index in [1.165, 1.54) is 11.3 Å². The van der Waals surface area contributed by atoms with E-state index < -0.39 is 0 Å². The summed E-state index contributed by atoms with van der Waals surface area (Å²) in [7, 11) is 0. The normalized spacial score (nSPS) is 13.4. The third kappa shape index (κ3) is 5.33. The number of nitrogens with zero attached hydrogens (tertiary/aromatic N) is 1. The summed E-state index contributed by atoms with van der Waals surface area (Å²) in [6.07, 6.45) is 7.69. The van der Waals surface area contributed by atoms with Crippen LogP contribution in [0.5, 0.6) is 5.75 Å². The zero-order valence-corrected chi connectivity index (χ0v) is 22.2. The van der Waals surface area contributed by atoms with Crippen molar-refractivity contribution in [2.45, 2.75) is 39.2 Å². The van der Waals surface area contributed by atoms with Crippen molar-refractivity contribution in [3.8, 4) is 5.75 Å². The number of rotatable bonds is 7. The lowest BCUT2D eigenvalue weighted by Gasteiger charge is -2.12. The summed E-state index contributed by atoms with van der Waals surface area (Å²) in [4.78, 5) is 19.1. The van der Waals surface area contributed by atoms with Gasteiger partial charge in [0.1, 0.15) is 16.5 Å². The fraction of sp³-hybridized carbons (Fsp3) is 0.304. The molecule has 3 aromatic rings. The molecule has 8 heteroatoms. The number of ether oxygens (including phenoxy) is 1. The number of furan rings is 1. The number of amides is 1. The number of aliphatic imine (C=N–C) groups is 1. The van der Waals surface area contributed by atoms with Crippen LogP contribution in [0.15, 0.2) is 39.9 Å². The number of hydrogen-bond donors (Lipinski definition) is 1. The van der Waals surface area contributed by atoms with E-state index in [9.17, 15) is 4.79 Å². The Morgan fingerprint density at radius 3 is 2.77 bits per heavy atom. The Balaban J connectivity index is 1.62. The van der Waals surface area contributed by atoms with E-state index in [1.807, 2.05) is 25.3 Å². The molecule has 0 unspecified atom stereocenters. The molecule has 0 aliphatic heterocycles. The van der Waals surface area contributed by atoms with Crippen LogP contribution >= 0.6 is 56.5 Å². The van der Waals surface area contributed by atoms with E-state index in [4.69, 9.17) is 14.1 Å². The molecule has 2 aromatic heterocycles. The molecular weight excluding hydrogens is 638 g/mol. The molecule has 4 rings (SSSR count). The van der Waals surface area contributed by atoms with Crippen molar-refractivity contribution in [3.05, 3.63) is 65.0 Å². The Hall–Kier alpha value is -1.40. The molecule has 0 atom stereocenters. The van der Waals surface area contributed by atoms with Gasteiger partial charge >= 0.3 is 0 Å². The number of aryl methyl sites for hydroxylation is 1. The van der Waals surface area contributed by atoms with Gasteiger partial charge in [-0.3, -0.25) is 4.79 Å². The van der Waals surface area contributed by atoms with Gasteiger partial charge in [0.05, 0.1) is 32.1 Å². The zero-order valence-electron chi connectivity index (χ0n) is 17.0. The van der Waals surface area contributed by atoms with Crippen molar-refractivity contribution >= 4 is 73.6 Å². The fourth-order valence-electron chi connectivity index (χ4n) is 3.61. The van der Waals surface area contributed by atoms with Crippen LogP contribution in [0.25, 0.3) is 0 Å². The molecule has 0 saturated heterocycles. The second-order valence-electron chi connectivity index (χ2n) is 7.16. The lowest BCUT2D eigenvalue weighted by Crippen LogP contribution is -2.23. The topological polar surface area (TPSA) is 63.8 Å². The molecule has 1 N–H and O–H groups in total. The Kier molecular flexibility index (Phi) is 7.70. The van der Waals surface area contributed by atoms with Gasteiger partial charge in [-0.05, 0) is 113 Å². The molecular formula is C23H22I2N2O3S. The second-order valence-corrected chi connectivity index (χ2v) is 10.6. The van der Waals surface area contributed by atoms with Gasteiger partial charge in [0.25, 0.3) is 5.91 Å². The van der Waals surface area contributed by atoms with E-state index >= 15 is 0 Å². The van der Waals surface area contributed by atoms with Crippen molar-refractivity contribution in [1.82, 2.24) is 5.32 Å². The first-order valence-electron chi connectivity index (χ1n) is 10.2. The molecule has 31 heavy (non-hydrogen) atoms.